The van der Waals surface area contributed by atoms with Gasteiger partial charge in [-0.3, -0.25) is 4.68 Å². The van der Waals surface area contributed by atoms with Gasteiger partial charge in [-0.05, 0) is 49.4 Å². The summed E-state index contributed by atoms with van der Waals surface area (Å²) >= 11 is 0. The molecule has 1 aromatic heterocycles. The lowest BCUT2D eigenvalue weighted by atomic mass is 9.89. The van der Waals surface area contributed by atoms with Gasteiger partial charge in [0.1, 0.15) is 11.5 Å². The molecule has 0 unspecified atom stereocenters. The number of aliphatic hydroxyl groups excluding tert-OH is 1. The van der Waals surface area contributed by atoms with Crippen molar-refractivity contribution in [1.82, 2.24) is 9.78 Å². The molecule has 7 nitrogen and oxygen atoms in total. The van der Waals surface area contributed by atoms with Crippen molar-refractivity contribution in [3.05, 3.63) is 77.1 Å². The number of aromatic nitrogens is 2. The first-order chi connectivity index (χ1) is 15.4. The Bertz CT molecular complexity index is 1010. The number of rotatable bonds is 11. The standard InChI is InChI=1S/C25H30N2O5/c1-17-22(31-2)12-20(13-23(17)32-3)24(28)19(11-7-10-18-8-5-4-6-9-18)15-27-16-21(14-26-27)25(29)30/h4-6,8-9,12-14,16,19,24,28H,7,10-11,15H2,1-3H3,(H,29,30)/t19-,24-/m0/s1. The van der Waals surface area contributed by atoms with Gasteiger partial charge in [0.15, 0.2) is 0 Å². The van der Waals surface area contributed by atoms with Crippen molar-refractivity contribution in [2.75, 3.05) is 14.2 Å². The van der Waals surface area contributed by atoms with Crippen LogP contribution in [0, 0.1) is 12.8 Å². The second-order valence-electron chi connectivity index (χ2n) is 7.89. The SMILES string of the molecule is COc1cc([C@@H](O)[C@@H](CCCc2ccccc2)Cn2cc(C(=O)O)cn2)cc(OC)c1C. The summed E-state index contributed by atoms with van der Waals surface area (Å²) in [7, 11) is 3.18. The Balaban J connectivity index is 1.83. The number of aryl methyl sites for hydroxylation is 1. The average molecular weight is 439 g/mol. The number of carboxylic acid groups (broad SMARTS) is 1. The highest BCUT2D eigenvalue weighted by molar-refractivity contribution is 5.86. The Hall–Kier alpha value is -3.32. The van der Waals surface area contributed by atoms with Gasteiger partial charge in [0.25, 0.3) is 0 Å². The minimum Gasteiger partial charge on any atom is -0.496 e. The molecule has 32 heavy (non-hydrogen) atoms. The first kappa shape index (κ1) is 23.3. The van der Waals surface area contributed by atoms with Crippen LogP contribution in [-0.2, 0) is 13.0 Å². The zero-order chi connectivity index (χ0) is 23.1. The highest BCUT2D eigenvalue weighted by atomic mass is 16.5. The summed E-state index contributed by atoms with van der Waals surface area (Å²) in [5.41, 5.74) is 2.93. The topological polar surface area (TPSA) is 93.8 Å². The molecular weight excluding hydrogens is 408 g/mol. The van der Waals surface area contributed by atoms with Crippen molar-refractivity contribution in [3.63, 3.8) is 0 Å². The lowest BCUT2D eigenvalue weighted by Gasteiger charge is -2.25. The molecule has 170 valence electrons. The van der Waals surface area contributed by atoms with Crippen LogP contribution < -0.4 is 9.47 Å². The number of carbonyl (C=O) groups is 1. The van der Waals surface area contributed by atoms with E-state index in [0.29, 0.717) is 23.6 Å². The lowest BCUT2D eigenvalue weighted by molar-refractivity contribution is 0.0696. The van der Waals surface area contributed by atoms with Crippen molar-refractivity contribution < 1.29 is 24.5 Å². The number of ether oxygens (including phenoxy) is 2. The molecule has 3 rings (SSSR count). The van der Waals surface area contributed by atoms with Gasteiger partial charge in [-0.25, -0.2) is 4.79 Å². The van der Waals surface area contributed by atoms with E-state index in [0.717, 1.165) is 24.8 Å². The molecule has 0 saturated carbocycles. The fraction of sp³-hybridized carbons (Fsp3) is 0.360. The van der Waals surface area contributed by atoms with Gasteiger partial charge in [0.2, 0.25) is 0 Å². The highest BCUT2D eigenvalue weighted by Crippen LogP contribution is 2.36. The highest BCUT2D eigenvalue weighted by Gasteiger charge is 2.24. The number of methoxy groups -OCH3 is 2. The van der Waals surface area contributed by atoms with Gasteiger partial charge in [0, 0.05) is 24.2 Å². The van der Waals surface area contributed by atoms with Gasteiger partial charge < -0.3 is 19.7 Å². The number of aliphatic hydroxyl groups is 1. The summed E-state index contributed by atoms with van der Waals surface area (Å²) < 4.78 is 12.5. The fourth-order valence-corrected chi connectivity index (χ4v) is 3.93. The van der Waals surface area contributed by atoms with Crippen LogP contribution in [0.4, 0.5) is 0 Å². The number of hydrogen-bond donors (Lipinski definition) is 2. The number of aromatic carboxylic acids is 1. The first-order valence-corrected chi connectivity index (χ1v) is 10.6. The van der Waals surface area contributed by atoms with E-state index in [-0.39, 0.29) is 11.5 Å². The van der Waals surface area contributed by atoms with Gasteiger partial charge in [-0.2, -0.15) is 5.10 Å². The summed E-state index contributed by atoms with van der Waals surface area (Å²) in [6.07, 6.45) is 4.52. The Morgan fingerprint density at radius 1 is 1.12 bits per heavy atom. The van der Waals surface area contributed by atoms with E-state index in [1.807, 2.05) is 37.3 Å². The van der Waals surface area contributed by atoms with Crippen molar-refractivity contribution in [2.24, 2.45) is 5.92 Å². The van der Waals surface area contributed by atoms with Crippen LogP contribution in [-0.4, -0.2) is 40.2 Å². The van der Waals surface area contributed by atoms with Crippen LogP contribution in [0.2, 0.25) is 0 Å². The predicted octanol–water partition coefficient (Wildman–Crippen LogP) is 4.28. The molecule has 0 amide bonds. The predicted molar refractivity (Wildman–Crippen MR) is 121 cm³/mol. The van der Waals surface area contributed by atoms with E-state index < -0.39 is 12.1 Å². The van der Waals surface area contributed by atoms with Crippen LogP contribution in [0.5, 0.6) is 11.5 Å². The average Bonchev–Trinajstić information content (AvgIpc) is 3.28. The van der Waals surface area contributed by atoms with Gasteiger partial charge >= 0.3 is 5.97 Å². The monoisotopic (exact) mass is 438 g/mol. The van der Waals surface area contributed by atoms with Crippen LogP contribution in [0.1, 0.15) is 46.0 Å². The smallest absolute Gasteiger partial charge is 0.338 e. The Morgan fingerprint density at radius 2 is 1.78 bits per heavy atom. The van der Waals surface area contributed by atoms with E-state index >= 15 is 0 Å². The number of carboxylic acids is 1. The Morgan fingerprint density at radius 3 is 2.34 bits per heavy atom. The van der Waals surface area contributed by atoms with Crippen molar-refractivity contribution in [3.8, 4) is 11.5 Å². The molecule has 2 aromatic carbocycles. The molecule has 2 N–H and O–H groups in total. The minimum atomic E-state index is -1.02. The van der Waals surface area contributed by atoms with E-state index in [1.54, 1.807) is 18.9 Å². The van der Waals surface area contributed by atoms with Crippen LogP contribution in [0.3, 0.4) is 0 Å². The van der Waals surface area contributed by atoms with Crippen LogP contribution >= 0.6 is 0 Å². The molecule has 0 radical (unpaired) electrons. The zero-order valence-corrected chi connectivity index (χ0v) is 18.7. The second kappa shape index (κ2) is 10.8. The third-order valence-electron chi connectivity index (χ3n) is 5.75. The normalized spacial score (nSPS) is 12.9. The molecule has 1 heterocycles. The largest absolute Gasteiger partial charge is 0.496 e. The molecule has 0 aliphatic carbocycles. The van der Waals surface area contributed by atoms with Crippen molar-refractivity contribution in [1.29, 1.82) is 0 Å². The second-order valence-corrected chi connectivity index (χ2v) is 7.89. The lowest BCUT2D eigenvalue weighted by Crippen LogP contribution is -2.20. The maximum Gasteiger partial charge on any atom is 0.338 e. The first-order valence-electron chi connectivity index (χ1n) is 10.6. The summed E-state index contributed by atoms with van der Waals surface area (Å²) in [5.74, 6) is 0.0881. The molecule has 0 aliphatic heterocycles. The molecule has 0 saturated heterocycles. The Kier molecular flexibility index (Phi) is 7.89. The molecule has 0 fully saturated rings. The summed E-state index contributed by atoms with van der Waals surface area (Å²) in [4.78, 5) is 11.2. The van der Waals surface area contributed by atoms with Gasteiger partial charge in [0.05, 0.1) is 32.1 Å². The van der Waals surface area contributed by atoms with E-state index in [2.05, 4.69) is 17.2 Å². The van der Waals surface area contributed by atoms with E-state index in [1.165, 1.54) is 18.0 Å². The molecule has 0 bridgehead atoms. The van der Waals surface area contributed by atoms with E-state index in [9.17, 15) is 15.0 Å². The van der Waals surface area contributed by atoms with Crippen molar-refractivity contribution in [2.45, 2.75) is 38.8 Å². The number of nitrogens with zero attached hydrogens (tertiary/aromatic N) is 2. The number of benzene rings is 2. The fourth-order valence-electron chi connectivity index (χ4n) is 3.93. The van der Waals surface area contributed by atoms with Crippen LogP contribution in [0.25, 0.3) is 0 Å². The third-order valence-corrected chi connectivity index (χ3v) is 5.75. The summed E-state index contributed by atoms with van der Waals surface area (Å²) in [5, 5.41) is 24.7. The minimum absolute atomic E-state index is 0.126. The molecule has 0 aliphatic rings. The quantitative estimate of drug-likeness (QED) is 0.464. The summed E-state index contributed by atoms with van der Waals surface area (Å²) in [6, 6.07) is 13.9. The van der Waals surface area contributed by atoms with E-state index in [4.69, 9.17) is 9.47 Å². The summed E-state index contributed by atoms with van der Waals surface area (Å²) in [6.45, 7) is 2.30. The zero-order valence-electron chi connectivity index (χ0n) is 18.7. The van der Waals surface area contributed by atoms with Crippen molar-refractivity contribution >= 4 is 5.97 Å². The molecule has 0 spiro atoms. The van der Waals surface area contributed by atoms with Gasteiger partial charge in [-0.1, -0.05) is 30.3 Å². The third kappa shape index (κ3) is 5.68. The number of hydrogen-bond acceptors (Lipinski definition) is 5. The maximum atomic E-state index is 11.3. The van der Waals surface area contributed by atoms with Gasteiger partial charge in [-0.15, -0.1) is 0 Å². The molecule has 7 heteroatoms. The molecule has 2 atom stereocenters. The maximum absolute atomic E-state index is 11.3. The van der Waals surface area contributed by atoms with Crippen LogP contribution in [0.15, 0.2) is 54.9 Å². The Labute approximate surface area is 188 Å². The molecular formula is C25H30N2O5. The molecule has 3 aromatic rings.